The molecule has 24 heavy (non-hydrogen) atoms. The number of aromatic nitrogens is 4. The summed E-state index contributed by atoms with van der Waals surface area (Å²) in [7, 11) is 5.06. The van der Waals surface area contributed by atoms with E-state index in [1.54, 1.807) is 11.6 Å². The van der Waals surface area contributed by atoms with Crippen LogP contribution in [0.5, 0.6) is 5.88 Å². The number of benzene rings is 1. The largest absolute Gasteiger partial charge is 0.481 e. The van der Waals surface area contributed by atoms with Crippen molar-refractivity contribution in [2.75, 3.05) is 32.4 Å². The molecule has 3 rings (SSSR count). The van der Waals surface area contributed by atoms with Gasteiger partial charge >= 0.3 is 0 Å². The molecule has 0 amide bonds. The molecule has 3 aromatic rings. The van der Waals surface area contributed by atoms with E-state index in [2.05, 4.69) is 27.2 Å². The summed E-state index contributed by atoms with van der Waals surface area (Å²) < 4.78 is 15.0. The van der Waals surface area contributed by atoms with E-state index in [1.807, 2.05) is 37.4 Å². The molecule has 0 fully saturated rings. The first-order valence-electron chi connectivity index (χ1n) is 7.41. The van der Waals surface area contributed by atoms with E-state index < -0.39 is 10.7 Å². The predicted molar refractivity (Wildman–Crippen MR) is 95.2 cm³/mol. The zero-order valence-electron chi connectivity index (χ0n) is 14.1. The Balaban J connectivity index is 2.10. The highest BCUT2D eigenvalue weighted by molar-refractivity contribution is 7.85. The van der Waals surface area contributed by atoms with E-state index in [1.165, 1.54) is 6.33 Å². The van der Waals surface area contributed by atoms with E-state index in [-0.39, 0.29) is 0 Å². The van der Waals surface area contributed by atoms with E-state index in [4.69, 9.17) is 9.52 Å². The SMILES string of the molecule is COc1nc2ncnn2c(N(C)C)c1Cc1ccc([S@](C)=N)cc1. The second-order valence-electron chi connectivity index (χ2n) is 5.62. The number of anilines is 1. The molecule has 0 aliphatic heterocycles. The molecule has 8 heteroatoms. The lowest BCUT2D eigenvalue weighted by atomic mass is 10.1. The number of hydrogen-bond acceptors (Lipinski definition) is 6. The topological polar surface area (TPSA) is 79.4 Å². The summed E-state index contributed by atoms with van der Waals surface area (Å²) in [5, 5.41) is 4.28. The van der Waals surface area contributed by atoms with Gasteiger partial charge in [0, 0.05) is 25.4 Å². The Morgan fingerprint density at radius 3 is 2.54 bits per heavy atom. The molecular formula is C16H20N6OS. The number of methoxy groups -OCH3 is 1. The number of ether oxygens (including phenoxy) is 1. The Morgan fingerprint density at radius 2 is 1.96 bits per heavy atom. The maximum absolute atomic E-state index is 7.81. The van der Waals surface area contributed by atoms with Gasteiger partial charge in [-0.25, -0.2) is 0 Å². The van der Waals surface area contributed by atoms with Crippen molar-refractivity contribution in [3.63, 3.8) is 0 Å². The predicted octanol–water partition coefficient (Wildman–Crippen LogP) is 2.16. The first-order chi connectivity index (χ1) is 11.5. The molecule has 0 saturated heterocycles. The number of fused-ring (bicyclic) bond motifs is 1. The molecule has 0 bridgehead atoms. The van der Waals surface area contributed by atoms with Gasteiger partial charge < -0.3 is 9.64 Å². The van der Waals surface area contributed by atoms with Crippen LogP contribution in [0.15, 0.2) is 35.5 Å². The molecule has 0 aliphatic rings. The van der Waals surface area contributed by atoms with Crippen LogP contribution in [-0.2, 0) is 17.1 Å². The Morgan fingerprint density at radius 1 is 1.25 bits per heavy atom. The fourth-order valence-corrected chi connectivity index (χ4v) is 3.19. The van der Waals surface area contributed by atoms with Crippen LogP contribution in [0.1, 0.15) is 11.1 Å². The number of nitrogens with zero attached hydrogens (tertiary/aromatic N) is 5. The fourth-order valence-electron chi connectivity index (χ4n) is 2.64. The van der Waals surface area contributed by atoms with E-state index >= 15 is 0 Å². The third-order valence-corrected chi connectivity index (χ3v) is 4.71. The summed E-state index contributed by atoms with van der Waals surface area (Å²) in [6, 6.07) is 8.12. The zero-order valence-corrected chi connectivity index (χ0v) is 15.0. The molecule has 2 heterocycles. The summed E-state index contributed by atoms with van der Waals surface area (Å²) in [5.74, 6) is 1.96. The van der Waals surface area contributed by atoms with Gasteiger partial charge in [-0.2, -0.15) is 19.6 Å². The Labute approximate surface area is 143 Å². The molecule has 1 N–H and O–H groups in total. The summed E-state index contributed by atoms with van der Waals surface area (Å²) in [5.41, 5.74) is 2.08. The minimum absolute atomic E-state index is 0.482. The van der Waals surface area contributed by atoms with Gasteiger partial charge in [-0.1, -0.05) is 22.8 Å². The zero-order chi connectivity index (χ0) is 17.3. The van der Waals surface area contributed by atoms with Gasteiger partial charge in [0.25, 0.3) is 5.78 Å². The van der Waals surface area contributed by atoms with Gasteiger partial charge in [0.15, 0.2) is 0 Å². The molecule has 0 saturated carbocycles. The first kappa shape index (κ1) is 16.4. The van der Waals surface area contributed by atoms with Crippen molar-refractivity contribution < 1.29 is 4.74 Å². The highest BCUT2D eigenvalue weighted by Crippen LogP contribution is 2.29. The van der Waals surface area contributed by atoms with Crippen molar-refractivity contribution in [1.29, 1.82) is 4.78 Å². The normalized spacial score (nSPS) is 12.3. The molecule has 1 atom stereocenters. The fraction of sp³-hybridized carbons (Fsp3) is 0.312. The summed E-state index contributed by atoms with van der Waals surface area (Å²) >= 11 is 0. The van der Waals surface area contributed by atoms with Crippen LogP contribution in [0.3, 0.4) is 0 Å². The third kappa shape index (κ3) is 2.96. The molecule has 126 valence electrons. The van der Waals surface area contributed by atoms with Crippen LogP contribution in [0, 0.1) is 4.78 Å². The Kier molecular flexibility index (Phi) is 4.48. The lowest BCUT2D eigenvalue weighted by Crippen LogP contribution is -2.18. The van der Waals surface area contributed by atoms with Gasteiger partial charge in [-0.15, -0.1) is 0 Å². The van der Waals surface area contributed by atoms with Crippen molar-refractivity contribution >= 4 is 22.3 Å². The van der Waals surface area contributed by atoms with Gasteiger partial charge in [0.1, 0.15) is 12.1 Å². The maximum atomic E-state index is 7.81. The number of nitrogens with one attached hydrogen (secondary N) is 1. The maximum Gasteiger partial charge on any atom is 0.257 e. The van der Waals surface area contributed by atoms with Crippen LogP contribution in [0.25, 0.3) is 5.78 Å². The summed E-state index contributed by atoms with van der Waals surface area (Å²) in [6.07, 6.45) is 4.05. The van der Waals surface area contributed by atoms with E-state index in [9.17, 15) is 0 Å². The molecule has 1 aromatic carbocycles. The molecule has 0 radical (unpaired) electrons. The van der Waals surface area contributed by atoms with Crippen LogP contribution in [0.2, 0.25) is 0 Å². The highest BCUT2D eigenvalue weighted by atomic mass is 32.2. The second-order valence-corrected chi connectivity index (χ2v) is 7.11. The molecule has 7 nitrogen and oxygen atoms in total. The van der Waals surface area contributed by atoms with Gasteiger partial charge in [-0.05, 0) is 24.0 Å². The number of rotatable bonds is 5. The summed E-state index contributed by atoms with van der Waals surface area (Å²) in [6.45, 7) is 0. The molecule has 0 unspecified atom stereocenters. The van der Waals surface area contributed by atoms with Crippen LogP contribution in [-0.4, -0.2) is 47.0 Å². The lowest BCUT2D eigenvalue weighted by Gasteiger charge is -2.20. The first-order valence-corrected chi connectivity index (χ1v) is 9.04. The molecule has 2 aromatic heterocycles. The van der Waals surface area contributed by atoms with Crippen molar-refractivity contribution in [3.05, 3.63) is 41.7 Å². The van der Waals surface area contributed by atoms with Crippen molar-refractivity contribution in [2.24, 2.45) is 0 Å². The standard InChI is InChI=1S/C16H20N6OS/c1-21(2)15-13(9-11-5-7-12(8-6-11)24(4)17)14(23-3)20-16-18-10-19-22(15)16/h5-8,10,17H,9H2,1-4H3/t24-/m0/s1. The molecule has 0 aliphatic carbocycles. The second kappa shape index (κ2) is 6.56. The van der Waals surface area contributed by atoms with Crippen molar-refractivity contribution in [1.82, 2.24) is 19.6 Å². The molecular weight excluding hydrogens is 324 g/mol. The Hall–Kier alpha value is -2.48. The Bertz CT molecular complexity index is 887. The third-order valence-electron chi connectivity index (χ3n) is 3.73. The summed E-state index contributed by atoms with van der Waals surface area (Å²) in [4.78, 5) is 11.6. The lowest BCUT2D eigenvalue weighted by molar-refractivity contribution is 0.393. The average Bonchev–Trinajstić information content (AvgIpc) is 3.02. The monoisotopic (exact) mass is 344 g/mol. The number of hydrogen-bond donors (Lipinski definition) is 1. The minimum atomic E-state index is -0.482. The van der Waals surface area contributed by atoms with Gasteiger partial charge in [0.2, 0.25) is 5.88 Å². The van der Waals surface area contributed by atoms with Gasteiger partial charge in [-0.3, -0.25) is 4.78 Å². The van der Waals surface area contributed by atoms with Crippen molar-refractivity contribution in [2.45, 2.75) is 11.3 Å². The quantitative estimate of drug-likeness (QED) is 0.767. The smallest absolute Gasteiger partial charge is 0.257 e. The van der Waals surface area contributed by atoms with Gasteiger partial charge in [0.05, 0.1) is 12.7 Å². The highest BCUT2D eigenvalue weighted by Gasteiger charge is 2.19. The van der Waals surface area contributed by atoms with Crippen LogP contribution >= 0.6 is 0 Å². The van der Waals surface area contributed by atoms with E-state index in [0.717, 1.165) is 21.8 Å². The van der Waals surface area contributed by atoms with Crippen LogP contribution < -0.4 is 9.64 Å². The average molecular weight is 344 g/mol. The van der Waals surface area contributed by atoms with E-state index in [0.29, 0.717) is 18.1 Å². The van der Waals surface area contributed by atoms with Crippen LogP contribution in [0.4, 0.5) is 5.82 Å². The molecule has 0 spiro atoms. The van der Waals surface area contributed by atoms with Crippen molar-refractivity contribution in [3.8, 4) is 5.88 Å². The minimum Gasteiger partial charge on any atom is -0.481 e.